The summed E-state index contributed by atoms with van der Waals surface area (Å²) in [5.41, 5.74) is 4.17. The smallest absolute Gasteiger partial charge is 0.255 e. The topological polar surface area (TPSA) is 71.1 Å². The van der Waals surface area contributed by atoms with Gasteiger partial charge in [-0.1, -0.05) is 37.7 Å². The molecule has 2 amide bonds. The van der Waals surface area contributed by atoms with Gasteiger partial charge in [0.05, 0.1) is 0 Å². The van der Waals surface area contributed by atoms with Gasteiger partial charge in [0.2, 0.25) is 5.91 Å². The van der Waals surface area contributed by atoms with Crippen LogP contribution in [0, 0.1) is 12.8 Å². The van der Waals surface area contributed by atoms with E-state index >= 15 is 0 Å². The van der Waals surface area contributed by atoms with Crippen molar-refractivity contribution in [1.29, 1.82) is 0 Å². The Morgan fingerprint density at radius 2 is 1.62 bits per heavy atom. The maximum Gasteiger partial charge on any atom is 0.255 e. The minimum Gasteiger partial charge on any atom is -0.326 e. The molecule has 0 unspecified atom stereocenters. The van der Waals surface area contributed by atoms with E-state index in [1.165, 1.54) is 0 Å². The number of hydrogen-bond donors (Lipinski definition) is 2. The number of carbonyl (C=O) groups excluding carboxylic acids is 2. The monoisotopic (exact) mass is 425 g/mol. The van der Waals surface area contributed by atoms with Crippen LogP contribution in [0.4, 0.5) is 11.4 Å². The van der Waals surface area contributed by atoms with E-state index in [0.717, 1.165) is 21.3 Å². The summed E-state index contributed by atoms with van der Waals surface area (Å²) >= 11 is 3.34. The van der Waals surface area contributed by atoms with E-state index in [2.05, 4.69) is 15.6 Å². The summed E-state index contributed by atoms with van der Waals surface area (Å²) in [5, 5.41) is 7.75. The van der Waals surface area contributed by atoms with Crippen LogP contribution < -0.4 is 10.6 Å². The highest BCUT2D eigenvalue weighted by atomic mass is 32.2. The van der Waals surface area contributed by atoms with Crippen molar-refractivity contribution in [2.45, 2.75) is 30.9 Å². The van der Waals surface area contributed by atoms with Crippen molar-refractivity contribution < 1.29 is 9.59 Å². The molecule has 29 heavy (non-hydrogen) atoms. The van der Waals surface area contributed by atoms with Crippen LogP contribution in [-0.4, -0.2) is 16.8 Å². The molecule has 0 spiro atoms. The molecule has 3 rings (SSSR count). The second kappa shape index (κ2) is 9.71. The Kier molecular flexibility index (Phi) is 7.06. The number of rotatable bonds is 7. The Morgan fingerprint density at radius 3 is 2.17 bits per heavy atom. The highest BCUT2D eigenvalue weighted by molar-refractivity contribution is 8.00. The third-order valence-corrected chi connectivity index (χ3v) is 6.32. The Hall–Kier alpha value is -2.64. The van der Waals surface area contributed by atoms with Gasteiger partial charge in [-0.15, -0.1) is 11.3 Å². The van der Waals surface area contributed by atoms with Crippen LogP contribution in [0.15, 0.2) is 58.3 Å². The molecule has 0 bridgehead atoms. The molecule has 3 aromatic rings. The first kappa shape index (κ1) is 21.1. The molecule has 0 fully saturated rings. The first-order chi connectivity index (χ1) is 13.9. The van der Waals surface area contributed by atoms with Crippen molar-refractivity contribution in [3.05, 3.63) is 70.7 Å². The molecule has 7 heteroatoms. The highest BCUT2D eigenvalue weighted by Crippen LogP contribution is 2.26. The molecule has 0 aliphatic rings. The predicted octanol–water partition coefficient (Wildman–Crippen LogP) is 5.59. The number of aryl methyl sites for hydroxylation is 1. The van der Waals surface area contributed by atoms with Crippen molar-refractivity contribution in [1.82, 2.24) is 4.98 Å². The van der Waals surface area contributed by atoms with Gasteiger partial charge in [0, 0.05) is 39.7 Å². The molecule has 2 aromatic carbocycles. The lowest BCUT2D eigenvalue weighted by Crippen LogP contribution is -2.17. The number of carbonyl (C=O) groups is 2. The molecular weight excluding hydrogens is 402 g/mol. The van der Waals surface area contributed by atoms with Gasteiger partial charge in [-0.05, 0) is 48.9 Å². The SMILES string of the molecule is Cc1csc(SCc2ccc(C(=O)Nc3ccc(NC(=O)C(C)C)cc3)cc2)n1. The standard InChI is InChI=1S/C22H23N3O2S2/c1-14(2)20(26)24-18-8-10-19(11-9-18)25-21(27)17-6-4-16(5-7-17)13-29-22-23-15(3)12-28-22/h4-12,14H,13H2,1-3H3,(H,24,26)(H,25,27). The minimum atomic E-state index is -0.168. The molecule has 5 nitrogen and oxygen atoms in total. The van der Waals surface area contributed by atoms with E-state index in [-0.39, 0.29) is 17.7 Å². The summed E-state index contributed by atoms with van der Waals surface area (Å²) in [6, 6.07) is 14.7. The average Bonchev–Trinajstić information content (AvgIpc) is 3.13. The van der Waals surface area contributed by atoms with Gasteiger partial charge >= 0.3 is 0 Å². The number of thioether (sulfide) groups is 1. The molecule has 2 N–H and O–H groups in total. The van der Waals surface area contributed by atoms with Gasteiger partial charge in [0.25, 0.3) is 5.91 Å². The fraction of sp³-hybridized carbons (Fsp3) is 0.227. The van der Waals surface area contributed by atoms with Gasteiger partial charge in [0.1, 0.15) is 4.34 Å². The van der Waals surface area contributed by atoms with Gasteiger partial charge in [-0.25, -0.2) is 4.98 Å². The molecule has 0 saturated carbocycles. The van der Waals surface area contributed by atoms with Crippen molar-refractivity contribution in [2.24, 2.45) is 5.92 Å². The number of nitrogens with zero attached hydrogens (tertiary/aromatic N) is 1. The Balaban J connectivity index is 1.54. The molecular formula is C22H23N3O2S2. The van der Waals surface area contributed by atoms with Gasteiger partial charge in [-0.3, -0.25) is 9.59 Å². The predicted molar refractivity (Wildman–Crippen MR) is 121 cm³/mol. The minimum absolute atomic E-state index is 0.0370. The van der Waals surface area contributed by atoms with Gasteiger partial charge < -0.3 is 10.6 Å². The molecule has 0 saturated heterocycles. The lowest BCUT2D eigenvalue weighted by molar-refractivity contribution is -0.118. The van der Waals surface area contributed by atoms with Gasteiger partial charge in [-0.2, -0.15) is 0 Å². The zero-order valence-electron chi connectivity index (χ0n) is 16.6. The van der Waals surface area contributed by atoms with Crippen LogP contribution >= 0.6 is 23.1 Å². The number of anilines is 2. The van der Waals surface area contributed by atoms with Gasteiger partial charge in [0.15, 0.2) is 0 Å². The van der Waals surface area contributed by atoms with E-state index < -0.39 is 0 Å². The van der Waals surface area contributed by atoms with Crippen molar-refractivity contribution in [3.8, 4) is 0 Å². The number of thiazole rings is 1. The average molecular weight is 426 g/mol. The van der Waals surface area contributed by atoms with Crippen LogP contribution in [0.5, 0.6) is 0 Å². The summed E-state index contributed by atoms with van der Waals surface area (Å²) in [4.78, 5) is 28.6. The second-order valence-electron chi connectivity index (χ2n) is 6.92. The zero-order chi connectivity index (χ0) is 20.8. The van der Waals surface area contributed by atoms with E-state index in [0.29, 0.717) is 16.9 Å². The van der Waals surface area contributed by atoms with Crippen molar-refractivity contribution in [2.75, 3.05) is 10.6 Å². The highest BCUT2D eigenvalue weighted by Gasteiger charge is 2.09. The van der Waals surface area contributed by atoms with Crippen LogP contribution in [0.2, 0.25) is 0 Å². The molecule has 0 radical (unpaired) electrons. The number of hydrogen-bond acceptors (Lipinski definition) is 5. The largest absolute Gasteiger partial charge is 0.326 e. The first-order valence-corrected chi connectivity index (χ1v) is 11.1. The summed E-state index contributed by atoms with van der Waals surface area (Å²) < 4.78 is 1.05. The third kappa shape index (κ3) is 6.17. The van der Waals surface area contributed by atoms with Crippen LogP contribution in [0.25, 0.3) is 0 Å². The molecule has 0 aliphatic carbocycles. The van der Waals surface area contributed by atoms with E-state index in [9.17, 15) is 9.59 Å². The van der Waals surface area contributed by atoms with Crippen LogP contribution in [-0.2, 0) is 10.5 Å². The lowest BCUT2D eigenvalue weighted by atomic mass is 10.1. The van der Waals surface area contributed by atoms with Crippen LogP contribution in [0.3, 0.4) is 0 Å². The number of amides is 2. The Bertz CT molecular complexity index is 980. The lowest BCUT2D eigenvalue weighted by Gasteiger charge is -2.09. The quantitative estimate of drug-likeness (QED) is 0.484. The number of aromatic nitrogens is 1. The zero-order valence-corrected chi connectivity index (χ0v) is 18.2. The number of nitrogens with one attached hydrogen (secondary N) is 2. The molecule has 0 atom stereocenters. The molecule has 1 aromatic heterocycles. The number of benzene rings is 2. The Labute approximate surface area is 179 Å². The maximum atomic E-state index is 12.5. The van der Waals surface area contributed by atoms with Crippen LogP contribution in [0.1, 0.15) is 35.5 Å². The fourth-order valence-electron chi connectivity index (χ4n) is 2.42. The molecule has 0 aliphatic heterocycles. The van der Waals surface area contributed by atoms with E-state index in [1.54, 1.807) is 47.4 Å². The normalized spacial score (nSPS) is 10.8. The Morgan fingerprint density at radius 1 is 1.00 bits per heavy atom. The third-order valence-electron chi connectivity index (χ3n) is 4.11. The van der Waals surface area contributed by atoms with Crippen molar-refractivity contribution >= 4 is 46.3 Å². The molecule has 150 valence electrons. The van der Waals surface area contributed by atoms with Crippen molar-refractivity contribution in [3.63, 3.8) is 0 Å². The summed E-state index contributed by atoms with van der Waals surface area (Å²) in [5.74, 6) is 0.531. The fourth-order valence-corrected chi connectivity index (χ4v) is 4.23. The summed E-state index contributed by atoms with van der Waals surface area (Å²) in [6.45, 7) is 5.67. The summed E-state index contributed by atoms with van der Waals surface area (Å²) in [6.07, 6.45) is 0. The van der Waals surface area contributed by atoms with E-state index in [4.69, 9.17) is 0 Å². The molecule has 1 heterocycles. The second-order valence-corrected chi connectivity index (χ2v) is 9.00. The first-order valence-electron chi connectivity index (χ1n) is 9.27. The summed E-state index contributed by atoms with van der Waals surface area (Å²) in [7, 11) is 0. The van der Waals surface area contributed by atoms with E-state index in [1.807, 2.05) is 50.4 Å². The maximum absolute atomic E-state index is 12.5.